The number of hydrogen-bond acceptors (Lipinski definition) is 5. The summed E-state index contributed by atoms with van der Waals surface area (Å²) in [6, 6.07) is 12.7. The number of benzene rings is 2. The molecule has 1 fully saturated rings. The van der Waals surface area contributed by atoms with Crippen molar-refractivity contribution in [3.8, 4) is 5.75 Å². The van der Waals surface area contributed by atoms with Crippen LogP contribution in [0.2, 0.25) is 0 Å². The van der Waals surface area contributed by atoms with Crippen LogP contribution in [0, 0.1) is 10.1 Å². The highest BCUT2D eigenvalue weighted by molar-refractivity contribution is 5.94. The van der Waals surface area contributed by atoms with Crippen LogP contribution in [0.1, 0.15) is 28.8 Å². The molecule has 26 heavy (non-hydrogen) atoms. The average molecular weight is 356 g/mol. The molecule has 0 saturated carbocycles. The first-order valence-corrected chi connectivity index (χ1v) is 8.33. The number of rotatable bonds is 4. The minimum Gasteiger partial charge on any atom is -0.497 e. The van der Waals surface area contributed by atoms with E-state index in [1.807, 2.05) is 12.1 Å². The number of hydrogen-bond donors (Lipinski definition) is 1. The third-order valence-corrected chi connectivity index (χ3v) is 4.69. The van der Waals surface area contributed by atoms with Gasteiger partial charge in [-0.2, -0.15) is 0 Å². The van der Waals surface area contributed by atoms with Crippen molar-refractivity contribution in [2.75, 3.05) is 20.2 Å². The van der Waals surface area contributed by atoms with Crippen LogP contribution in [0.25, 0.3) is 0 Å². The van der Waals surface area contributed by atoms with E-state index < -0.39 is 10.5 Å². The van der Waals surface area contributed by atoms with E-state index >= 15 is 0 Å². The van der Waals surface area contributed by atoms with Crippen LogP contribution in [-0.4, -0.2) is 41.0 Å². The van der Waals surface area contributed by atoms with Crippen molar-refractivity contribution >= 4 is 11.6 Å². The van der Waals surface area contributed by atoms with Crippen molar-refractivity contribution in [3.05, 3.63) is 69.8 Å². The fourth-order valence-corrected chi connectivity index (χ4v) is 3.27. The van der Waals surface area contributed by atoms with Gasteiger partial charge in [0.2, 0.25) is 0 Å². The quantitative estimate of drug-likeness (QED) is 0.672. The monoisotopic (exact) mass is 356 g/mol. The normalized spacial score (nSPS) is 19.8. The van der Waals surface area contributed by atoms with E-state index in [2.05, 4.69) is 0 Å². The van der Waals surface area contributed by atoms with Crippen LogP contribution in [-0.2, 0) is 5.60 Å². The molecule has 1 N–H and O–H groups in total. The maximum absolute atomic E-state index is 12.7. The minimum absolute atomic E-state index is 0.0620. The number of methoxy groups -OCH3 is 1. The highest BCUT2D eigenvalue weighted by atomic mass is 16.6. The fraction of sp³-hybridized carbons (Fsp3) is 0.316. The zero-order chi connectivity index (χ0) is 18.7. The molecule has 2 aromatic rings. The maximum atomic E-state index is 12.7. The van der Waals surface area contributed by atoms with Crippen LogP contribution >= 0.6 is 0 Å². The van der Waals surface area contributed by atoms with Crippen molar-refractivity contribution in [1.82, 2.24) is 4.90 Å². The van der Waals surface area contributed by atoms with Gasteiger partial charge in [0.15, 0.2) is 0 Å². The highest BCUT2D eigenvalue weighted by Gasteiger charge is 2.37. The topological polar surface area (TPSA) is 92.9 Å². The predicted octanol–water partition coefficient (Wildman–Crippen LogP) is 2.73. The summed E-state index contributed by atoms with van der Waals surface area (Å²) < 4.78 is 5.22. The van der Waals surface area contributed by atoms with Gasteiger partial charge in [-0.25, -0.2) is 0 Å². The SMILES string of the molecule is COc1cccc(C2(O)CCCN(C(=O)c3ccc([N+](=O)[O-])cc3)C2)c1. The van der Waals surface area contributed by atoms with E-state index in [4.69, 9.17) is 4.74 Å². The number of likely N-dealkylation sites (tertiary alicyclic amines) is 1. The molecule has 0 radical (unpaired) electrons. The lowest BCUT2D eigenvalue weighted by molar-refractivity contribution is -0.384. The molecule has 1 aliphatic rings. The van der Waals surface area contributed by atoms with Crippen LogP contribution < -0.4 is 4.74 Å². The summed E-state index contributed by atoms with van der Waals surface area (Å²) in [6.45, 7) is 0.693. The lowest BCUT2D eigenvalue weighted by atomic mass is 9.85. The molecule has 1 heterocycles. The number of piperidine rings is 1. The van der Waals surface area contributed by atoms with E-state index in [1.54, 1.807) is 24.1 Å². The average Bonchev–Trinajstić information content (AvgIpc) is 2.67. The zero-order valence-electron chi connectivity index (χ0n) is 14.4. The Morgan fingerprint density at radius 2 is 2.00 bits per heavy atom. The van der Waals surface area contributed by atoms with E-state index in [9.17, 15) is 20.0 Å². The third kappa shape index (κ3) is 3.52. The summed E-state index contributed by atoms with van der Waals surface area (Å²) in [7, 11) is 1.56. The van der Waals surface area contributed by atoms with Crippen molar-refractivity contribution in [2.45, 2.75) is 18.4 Å². The number of β-amino-alcohol motifs (C(OH)–C–C–N with tert-alkyl or cyclic N) is 1. The number of carbonyl (C=O) groups is 1. The van der Waals surface area contributed by atoms with Crippen molar-refractivity contribution in [2.24, 2.45) is 0 Å². The second-order valence-corrected chi connectivity index (χ2v) is 6.40. The summed E-state index contributed by atoms with van der Waals surface area (Å²) >= 11 is 0. The molecule has 7 nitrogen and oxygen atoms in total. The molecule has 0 aliphatic carbocycles. The number of nitro benzene ring substituents is 1. The van der Waals surface area contributed by atoms with Gasteiger partial charge in [0.05, 0.1) is 18.6 Å². The first kappa shape index (κ1) is 17.9. The summed E-state index contributed by atoms with van der Waals surface area (Å²) in [5.41, 5.74) is -0.139. The molecule has 1 aliphatic heterocycles. The Hall–Kier alpha value is -2.93. The third-order valence-electron chi connectivity index (χ3n) is 4.69. The summed E-state index contributed by atoms with van der Waals surface area (Å²) in [5, 5.41) is 21.9. The number of nitro groups is 1. The molecule has 0 spiro atoms. The molecule has 136 valence electrons. The molecule has 1 amide bonds. The number of amides is 1. The molecule has 0 bridgehead atoms. The number of aliphatic hydroxyl groups is 1. The lowest BCUT2D eigenvalue weighted by Gasteiger charge is -2.39. The summed E-state index contributed by atoms with van der Waals surface area (Å²) in [5.74, 6) is 0.399. The zero-order valence-corrected chi connectivity index (χ0v) is 14.4. The second-order valence-electron chi connectivity index (χ2n) is 6.40. The Morgan fingerprint density at radius 3 is 2.65 bits per heavy atom. The molecular weight excluding hydrogens is 336 g/mol. The first-order valence-electron chi connectivity index (χ1n) is 8.33. The van der Waals surface area contributed by atoms with E-state index in [-0.39, 0.29) is 18.1 Å². The molecular formula is C19H20N2O5. The van der Waals surface area contributed by atoms with Gasteiger partial charge in [-0.1, -0.05) is 12.1 Å². The number of non-ortho nitro benzene ring substituents is 1. The van der Waals surface area contributed by atoms with Gasteiger partial charge in [0.1, 0.15) is 11.4 Å². The molecule has 1 saturated heterocycles. The van der Waals surface area contributed by atoms with E-state index in [0.717, 1.165) is 0 Å². The molecule has 2 aromatic carbocycles. The largest absolute Gasteiger partial charge is 0.497 e. The van der Waals surface area contributed by atoms with Gasteiger partial charge in [-0.3, -0.25) is 14.9 Å². The molecule has 1 atom stereocenters. The van der Waals surface area contributed by atoms with Crippen molar-refractivity contribution in [3.63, 3.8) is 0 Å². The molecule has 0 aromatic heterocycles. The van der Waals surface area contributed by atoms with E-state index in [0.29, 0.717) is 36.3 Å². The fourth-order valence-electron chi connectivity index (χ4n) is 3.27. The van der Waals surface area contributed by atoms with Gasteiger partial charge in [0, 0.05) is 24.2 Å². The molecule has 7 heteroatoms. The Bertz CT molecular complexity index is 821. The smallest absolute Gasteiger partial charge is 0.269 e. The van der Waals surface area contributed by atoms with Crippen molar-refractivity contribution in [1.29, 1.82) is 0 Å². The predicted molar refractivity (Wildman–Crippen MR) is 95.1 cm³/mol. The second kappa shape index (κ2) is 7.13. The number of ether oxygens (including phenoxy) is 1. The van der Waals surface area contributed by atoms with Crippen LogP contribution in [0.5, 0.6) is 5.75 Å². The minimum atomic E-state index is -1.15. The first-order chi connectivity index (χ1) is 12.4. The van der Waals surface area contributed by atoms with Crippen LogP contribution in [0.4, 0.5) is 5.69 Å². The Labute approximate surface area is 151 Å². The number of nitrogens with zero attached hydrogens (tertiary/aromatic N) is 2. The van der Waals surface area contributed by atoms with Crippen molar-refractivity contribution < 1.29 is 19.6 Å². The van der Waals surface area contributed by atoms with Gasteiger partial charge in [-0.05, 0) is 42.7 Å². The summed E-state index contributed by atoms with van der Waals surface area (Å²) in [6.07, 6.45) is 1.21. The van der Waals surface area contributed by atoms with Crippen LogP contribution in [0.15, 0.2) is 48.5 Å². The molecule has 1 unspecified atom stereocenters. The van der Waals surface area contributed by atoms with Gasteiger partial charge in [0.25, 0.3) is 11.6 Å². The summed E-state index contributed by atoms with van der Waals surface area (Å²) in [4.78, 5) is 24.6. The maximum Gasteiger partial charge on any atom is 0.269 e. The lowest BCUT2D eigenvalue weighted by Crippen LogP contribution is -2.48. The van der Waals surface area contributed by atoms with Gasteiger partial charge >= 0.3 is 0 Å². The van der Waals surface area contributed by atoms with Gasteiger partial charge < -0.3 is 14.7 Å². The Balaban J connectivity index is 1.80. The molecule has 3 rings (SSSR count). The van der Waals surface area contributed by atoms with Gasteiger partial charge in [-0.15, -0.1) is 0 Å². The highest BCUT2D eigenvalue weighted by Crippen LogP contribution is 2.33. The Morgan fingerprint density at radius 1 is 1.27 bits per heavy atom. The van der Waals surface area contributed by atoms with Crippen LogP contribution in [0.3, 0.4) is 0 Å². The van der Waals surface area contributed by atoms with E-state index in [1.165, 1.54) is 24.3 Å². The number of carbonyl (C=O) groups excluding carboxylic acids is 1. The standard InChI is InChI=1S/C19H20N2O5/c1-26-17-5-2-4-15(12-17)19(23)10-3-11-20(13-19)18(22)14-6-8-16(9-7-14)21(24)25/h2,4-9,12,23H,3,10-11,13H2,1H3. The Kier molecular flexibility index (Phi) is 4.90.